The Bertz CT molecular complexity index is 1470. The van der Waals surface area contributed by atoms with E-state index >= 15 is 0 Å². The topological polar surface area (TPSA) is 97.6 Å². The second-order valence-corrected chi connectivity index (χ2v) is 7.88. The van der Waals surface area contributed by atoms with Gasteiger partial charge in [-0.15, -0.1) is 0 Å². The largest absolute Gasteiger partial charge is 0.351 e. The average molecular weight is 447 g/mol. The zero-order chi connectivity index (χ0) is 22.1. The van der Waals surface area contributed by atoms with E-state index in [0.29, 0.717) is 41.4 Å². The molecule has 3 heterocycles. The number of aromatic nitrogens is 5. The van der Waals surface area contributed by atoms with Crippen LogP contribution in [0.3, 0.4) is 0 Å². The molecular weight excluding hydrogens is 428 g/mol. The number of halogens is 1. The van der Waals surface area contributed by atoms with E-state index < -0.39 is 0 Å². The minimum atomic E-state index is -0.200. The van der Waals surface area contributed by atoms with E-state index in [1.165, 1.54) is 17.1 Å². The van der Waals surface area contributed by atoms with Gasteiger partial charge in [-0.05, 0) is 29.8 Å². The molecular formula is C23H19ClN6O2. The Balaban J connectivity index is 1.28. The fraction of sp³-hybridized carbons (Fsp3) is 0.130. The van der Waals surface area contributed by atoms with E-state index in [1.807, 2.05) is 48.5 Å². The molecule has 0 radical (unpaired) electrons. The predicted octanol–water partition coefficient (Wildman–Crippen LogP) is 3.21. The van der Waals surface area contributed by atoms with Gasteiger partial charge in [0, 0.05) is 22.5 Å². The number of amides is 1. The molecule has 2 N–H and O–H groups in total. The van der Waals surface area contributed by atoms with Gasteiger partial charge in [-0.1, -0.05) is 41.9 Å². The fourth-order valence-corrected chi connectivity index (χ4v) is 3.88. The number of hydrogen-bond donors (Lipinski definition) is 2. The molecule has 160 valence electrons. The van der Waals surface area contributed by atoms with Crippen molar-refractivity contribution in [1.29, 1.82) is 0 Å². The summed E-state index contributed by atoms with van der Waals surface area (Å²) in [6, 6.07) is 16.9. The van der Waals surface area contributed by atoms with Crippen molar-refractivity contribution in [3.63, 3.8) is 0 Å². The number of carbonyl (C=O) groups is 1. The van der Waals surface area contributed by atoms with Crippen molar-refractivity contribution in [2.45, 2.75) is 13.1 Å². The van der Waals surface area contributed by atoms with Crippen LogP contribution in [-0.4, -0.2) is 36.8 Å². The average Bonchev–Trinajstić information content (AvgIpc) is 3.40. The first-order valence-electron chi connectivity index (χ1n) is 10.1. The van der Waals surface area contributed by atoms with Crippen molar-refractivity contribution in [2.75, 3.05) is 6.54 Å². The van der Waals surface area contributed by atoms with Crippen molar-refractivity contribution < 1.29 is 4.79 Å². The van der Waals surface area contributed by atoms with Crippen molar-refractivity contribution >= 4 is 39.4 Å². The number of nitrogens with zero attached hydrogens (tertiary/aromatic N) is 4. The first-order chi connectivity index (χ1) is 15.6. The summed E-state index contributed by atoms with van der Waals surface area (Å²) in [5, 5.41) is 9.18. The monoisotopic (exact) mass is 446 g/mol. The summed E-state index contributed by atoms with van der Waals surface area (Å²) >= 11 is 6.03. The molecule has 5 rings (SSSR count). The van der Waals surface area contributed by atoms with Gasteiger partial charge in [0.15, 0.2) is 5.65 Å². The lowest BCUT2D eigenvalue weighted by atomic mass is 10.2. The molecule has 0 aliphatic rings. The molecule has 0 fully saturated rings. The second-order valence-electron chi connectivity index (χ2n) is 7.44. The van der Waals surface area contributed by atoms with E-state index in [-0.39, 0.29) is 11.5 Å². The number of nitrogens with one attached hydrogen (secondary N) is 2. The molecule has 0 saturated carbocycles. The molecule has 0 bridgehead atoms. The van der Waals surface area contributed by atoms with Crippen LogP contribution in [0.15, 0.2) is 71.9 Å². The Morgan fingerprint density at radius 1 is 1.12 bits per heavy atom. The van der Waals surface area contributed by atoms with E-state index in [0.717, 1.165) is 16.5 Å². The van der Waals surface area contributed by atoms with Crippen LogP contribution in [0.4, 0.5) is 0 Å². The number of benzene rings is 2. The number of hydrogen-bond acceptors (Lipinski definition) is 4. The zero-order valence-corrected chi connectivity index (χ0v) is 17.7. The Morgan fingerprint density at radius 3 is 2.84 bits per heavy atom. The number of fused-ring (bicyclic) bond motifs is 2. The highest BCUT2D eigenvalue weighted by molar-refractivity contribution is 6.30. The smallest absolute Gasteiger partial charge is 0.267 e. The standard InChI is InChI=1S/C23H19ClN6O2/c24-17-6-3-4-15(10-17)13-29-14-26-21-18(23(29)32)12-27-30(21)9-8-25-22(31)20-11-16-5-1-2-7-19(16)28-20/h1-7,10-12,14,28H,8-9,13H2,(H,25,31). The van der Waals surface area contributed by atoms with Crippen molar-refractivity contribution in [3.8, 4) is 0 Å². The predicted molar refractivity (Wildman–Crippen MR) is 123 cm³/mol. The highest BCUT2D eigenvalue weighted by Gasteiger charge is 2.12. The summed E-state index contributed by atoms with van der Waals surface area (Å²) in [7, 11) is 0. The quantitative estimate of drug-likeness (QED) is 0.418. The lowest BCUT2D eigenvalue weighted by Gasteiger charge is -2.07. The lowest BCUT2D eigenvalue weighted by molar-refractivity contribution is 0.0948. The molecule has 0 aliphatic carbocycles. The number of para-hydroxylation sites is 1. The second kappa shape index (κ2) is 8.32. The molecule has 0 atom stereocenters. The maximum Gasteiger partial charge on any atom is 0.267 e. The van der Waals surface area contributed by atoms with Gasteiger partial charge in [-0.2, -0.15) is 5.10 Å². The highest BCUT2D eigenvalue weighted by atomic mass is 35.5. The molecule has 32 heavy (non-hydrogen) atoms. The van der Waals surface area contributed by atoms with Crippen LogP contribution in [0.1, 0.15) is 16.1 Å². The van der Waals surface area contributed by atoms with Gasteiger partial charge in [0.2, 0.25) is 0 Å². The zero-order valence-electron chi connectivity index (χ0n) is 17.0. The SMILES string of the molecule is O=C(NCCn1ncc2c(=O)n(Cc3cccc(Cl)c3)cnc21)c1cc2ccccc2[nH]1. The third kappa shape index (κ3) is 3.88. The summed E-state index contributed by atoms with van der Waals surface area (Å²) in [4.78, 5) is 32.8. The first-order valence-corrected chi connectivity index (χ1v) is 10.5. The minimum Gasteiger partial charge on any atom is -0.351 e. The van der Waals surface area contributed by atoms with Gasteiger partial charge >= 0.3 is 0 Å². The molecule has 0 spiro atoms. The minimum absolute atomic E-state index is 0.177. The molecule has 0 aliphatic heterocycles. The number of H-pyrrole nitrogens is 1. The van der Waals surface area contributed by atoms with Crippen molar-refractivity contribution in [2.24, 2.45) is 0 Å². The fourth-order valence-electron chi connectivity index (χ4n) is 3.67. The van der Waals surface area contributed by atoms with Crippen LogP contribution in [0.2, 0.25) is 5.02 Å². The number of rotatable bonds is 6. The van der Waals surface area contributed by atoms with Crippen LogP contribution in [0.25, 0.3) is 21.9 Å². The highest BCUT2D eigenvalue weighted by Crippen LogP contribution is 2.15. The normalized spacial score (nSPS) is 11.3. The summed E-state index contributed by atoms with van der Waals surface area (Å²) < 4.78 is 3.14. The number of aromatic amines is 1. The summed E-state index contributed by atoms with van der Waals surface area (Å²) in [5.41, 5.74) is 2.63. The van der Waals surface area contributed by atoms with Gasteiger partial charge in [0.05, 0.1) is 19.3 Å². The summed E-state index contributed by atoms with van der Waals surface area (Å²) in [6.45, 7) is 1.10. The van der Waals surface area contributed by atoms with Crippen molar-refractivity contribution in [1.82, 2.24) is 29.6 Å². The molecule has 8 nitrogen and oxygen atoms in total. The summed E-state index contributed by atoms with van der Waals surface area (Å²) in [5.74, 6) is -0.200. The molecule has 2 aromatic carbocycles. The molecule has 1 amide bonds. The van der Waals surface area contributed by atoms with Crippen LogP contribution in [-0.2, 0) is 13.1 Å². The number of carbonyl (C=O) groups excluding carboxylic acids is 1. The van der Waals surface area contributed by atoms with E-state index in [2.05, 4.69) is 20.4 Å². The Labute approximate surface area is 187 Å². The molecule has 0 unspecified atom stereocenters. The lowest BCUT2D eigenvalue weighted by Crippen LogP contribution is -2.28. The molecule has 3 aromatic heterocycles. The van der Waals surface area contributed by atoms with E-state index in [1.54, 1.807) is 10.7 Å². The third-order valence-electron chi connectivity index (χ3n) is 5.25. The maximum absolute atomic E-state index is 12.8. The maximum atomic E-state index is 12.8. The Morgan fingerprint density at radius 2 is 2.00 bits per heavy atom. The van der Waals surface area contributed by atoms with Crippen molar-refractivity contribution in [3.05, 3.63) is 93.8 Å². The Kier molecular flexibility index (Phi) is 5.20. The molecule has 9 heteroatoms. The van der Waals surface area contributed by atoms with Crippen LogP contribution < -0.4 is 10.9 Å². The third-order valence-corrected chi connectivity index (χ3v) is 5.48. The van der Waals surface area contributed by atoms with Crippen LogP contribution in [0.5, 0.6) is 0 Å². The van der Waals surface area contributed by atoms with Crippen LogP contribution in [0, 0.1) is 0 Å². The van der Waals surface area contributed by atoms with Gasteiger partial charge in [-0.25, -0.2) is 9.67 Å². The molecule has 0 saturated heterocycles. The van der Waals surface area contributed by atoms with Gasteiger partial charge in [0.25, 0.3) is 11.5 Å². The van der Waals surface area contributed by atoms with E-state index in [9.17, 15) is 9.59 Å². The first kappa shape index (κ1) is 20.0. The van der Waals surface area contributed by atoms with Crippen LogP contribution >= 0.6 is 11.6 Å². The van der Waals surface area contributed by atoms with Gasteiger partial charge in [0.1, 0.15) is 17.4 Å². The van der Waals surface area contributed by atoms with Gasteiger partial charge < -0.3 is 10.3 Å². The van der Waals surface area contributed by atoms with Gasteiger partial charge in [-0.3, -0.25) is 14.2 Å². The Hall–Kier alpha value is -3.91. The summed E-state index contributed by atoms with van der Waals surface area (Å²) in [6.07, 6.45) is 3.02. The van der Waals surface area contributed by atoms with E-state index in [4.69, 9.17) is 11.6 Å². The molecule has 5 aromatic rings.